The molecule has 19 heavy (non-hydrogen) atoms. The Morgan fingerprint density at radius 2 is 2.21 bits per heavy atom. The fourth-order valence-corrected chi connectivity index (χ4v) is 2.81. The molecule has 0 spiro atoms. The molecule has 1 aliphatic carbocycles. The maximum Gasteiger partial charge on any atom is 0.261 e. The normalized spacial score (nSPS) is 18.6. The number of aryl methyl sites for hydroxylation is 1. The summed E-state index contributed by atoms with van der Waals surface area (Å²) in [6, 6.07) is 6.81. The van der Waals surface area contributed by atoms with Gasteiger partial charge in [0.2, 0.25) is 0 Å². The molecule has 0 aromatic heterocycles. The SMILES string of the molecule is FC(F)COCCNC1CCc2cc(Br)ccc2C1. The summed E-state index contributed by atoms with van der Waals surface area (Å²) in [5, 5.41) is 3.37. The molecule has 0 fully saturated rings. The summed E-state index contributed by atoms with van der Waals surface area (Å²) in [5.41, 5.74) is 2.78. The smallest absolute Gasteiger partial charge is 0.261 e. The highest BCUT2D eigenvalue weighted by atomic mass is 79.9. The topological polar surface area (TPSA) is 21.3 Å². The van der Waals surface area contributed by atoms with Crippen molar-refractivity contribution in [3.63, 3.8) is 0 Å². The van der Waals surface area contributed by atoms with E-state index >= 15 is 0 Å². The number of halogens is 3. The van der Waals surface area contributed by atoms with Gasteiger partial charge in [-0.2, -0.15) is 0 Å². The minimum absolute atomic E-state index is 0.341. The lowest BCUT2D eigenvalue weighted by atomic mass is 9.88. The predicted octanol–water partition coefficient (Wildman–Crippen LogP) is 3.18. The number of benzene rings is 1. The van der Waals surface area contributed by atoms with Gasteiger partial charge in [0.15, 0.2) is 0 Å². The maximum atomic E-state index is 11.9. The second-order valence-corrected chi connectivity index (χ2v) is 5.69. The Hall–Kier alpha value is -0.520. The molecule has 0 bridgehead atoms. The highest BCUT2D eigenvalue weighted by Gasteiger charge is 2.17. The quantitative estimate of drug-likeness (QED) is 0.807. The monoisotopic (exact) mass is 333 g/mol. The number of hydrogen-bond acceptors (Lipinski definition) is 2. The molecule has 2 rings (SSSR count). The van der Waals surface area contributed by atoms with Gasteiger partial charge in [-0.05, 0) is 42.5 Å². The van der Waals surface area contributed by atoms with Crippen molar-refractivity contribution in [3.8, 4) is 0 Å². The highest BCUT2D eigenvalue weighted by molar-refractivity contribution is 9.10. The number of hydrogen-bond donors (Lipinski definition) is 1. The molecule has 0 aliphatic heterocycles. The molecule has 0 saturated heterocycles. The van der Waals surface area contributed by atoms with Gasteiger partial charge in [-0.15, -0.1) is 0 Å². The van der Waals surface area contributed by atoms with E-state index in [2.05, 4.69) is 39.4 Å². The molecule has 1 aromatic carbocycles. The zero-order valence-corrected chi connectivity index (χ0v) is 12.3. The van der Waals surface area contributed by atoms with E-state index in [1.54, 1.807) is 0 Å². The van der Waals surface area contributed by atoms with Crippen molar-refractivity contribution in [2.45, 2.75) is 31.7 Å². The van der Waals surface area contributed by atoms with E-state index in [1.165, 1.54) is 11.1 Å². The van der Waals surface area contributed by atoms with Gasteiger partial charge in [0.05, 0.1) is 6.61 Å². The van der Waals surface area contributed by atoms with Crippen LogP contribution in [0.3, 0.4) is 0 Å². The van der Waals surface area contributed by atoms with Crippen molar-refractivity contribution in [1.29, 1.82) is 0 Å². The number of nitrogens with one attached hydrogen (secondary N) is 1. The van der Waals surface area contributed by atoms with Gasteiger partial charge in [-0.1, -0.05) is 22.0 Å². The van der Waals surface area contributed by atoms with Gasteiger partial charge in [-0.3, -0.25) is 0 Å². The maximum absolute atomic E-state index is 11.9. The van der Waals surface area contributed by atoms with Crippen molar-refractivity contribution < 1.29 is 13.5 Å². The zero-order valence-electron chi connectivity index (χ0n) is 10.7. The Balaban J connectivity index is 1.71. The van der Waals surface area contributed by atoms with Crippen LogP contribution in [0.4, 0.5) is 8.78 Å². The van der Waals surface area contributed by atoms with E-state index in [9.17, 15) is 8.78 Å². The lowest BCUT2D eigenvalue weighted by Gasteiger charge is -2.25. The molecule has 1 aliphatic rings. The average Bonchev–Trinajstić information content (AvgIpc) is 2.38. The average molecular weight is 334 g/mol. The number of alkyl halides is 2. The van der Waals surface area contributed by atoms with E-state index in [4.69, 9.17) is 4.74 Å². The molecule has 0 heterocycles. The van der Waals surface area contributed by atoms with Gasteiger partial charge in [0, 0.05) is 17.1 Å². The van der Waals surface area contributed by atoms with Crippen LogP contribution in [0.15, 0.2) is 22.7 Å². The number of rotatable bonds is 6. The Labute approximate surface area is 120 Å². The standard InChI is InChI=1S/C14H18BrF2NO/c15-12-3-1-11-8-13(4-2-10(11)7-12)18-5-6-19-9-14(16)17/h1,3,7,13-14,18H,2,4-6,8-9H2. The van der Waals surface area contributed by atoms with Crippen LogP contribution >= 0.6 is 15.9 Å². The van der Waals surface area contributed by atoms with Crippen LogP contribution in [0.2, 0.25) is 0 Å². The van der Waals surface area contributed by atoms with E-state index in [0.29, 0.717) is 19.2 Å². The minimum Gasteiger partial charge on any atom is -0.374 e. The molecule has 1 N–H and O–H groups in total. The number of ether oxygens (including phenoxy) is 1. The molecule has 0 amide bonds. The van der Waals surface area contributed by atoms with Crippen molar-refractivity contribution in [2.24, 2.45) is 0 Å². The first kappa shape index (κ1) is 14.9. The molecule has 106 valence electrons. The molecule has 5 heteroatoms. The van der Waals surface area contributed by atoms with Crippen molar-refractivity contribution >= 4 is 15.9 Å². The molecular weight excluding hydrogens is 316 g/mol. The van der Waals surface area contributed by atoms with Gasteiger partial charge in [0.25, 0.3) is 6.43 Å². The van der Waals surface area contributed by atoms with E-state index < -0.39 is 13.0 Å². The summed E-state index contributed by atoms with van der Waals surface area (Å²) >= 11 is 3.48. The summed E-state index contributed by atoms with van der Waals surface area (Å²) in [5.74, 6) is 0. The summed E-state index contributed by atoms with van der Waals surface area (Å²) in [7, 11) is 0. The van der Waals surface area contributed by atoms with Crippen molar-refractivity contribution in [3.05, 3.63) is 33.8 Å². The third kappa shape index (κ3) is 4.82. The first-order valence-electron chi connectivity index (χ1n) is 6.51. The molecular formula is C14H18BrF2NO. The van der Waals surface area contributed by atoms with Crippen LogP contribution in [0.25, 0.3) is 0 Å². The lowest BCUT2D eigenvalue weighted by molar-refractivity contribution is 0.0181. The van der Waals surface area contributed by atoms with Gasteiger partial charge < -0.3 is 10.1 Å². The second-order valence-electron chi connectivity index (χ2n) is 4.77. The fourth-order valence-electron chi connectivity index (χ4n) is 2.41. The molecule has 0 saturated carbocycles. The Morgan fingerprint density at radius 3 is 3.00 bits per heavy atom. The summed E-state index contributed by atoms with van der Waals surface area (Å²) in [4.78, 5) is 0. The predicted molar refractivity (Wildman–Crippen MR) is 74.8 cm³/mol. The third-order valence-corrected chi connectivity index (χ3v) is 3.81. The van der Waals surface area contributed by atoms with Gasteiger partial charge >= 0.3 is 0 Å². The summed E-state index contributed by atoms with van der Waals surface area (Å²) in [6.45, 7) is 0.500. The van der Waals surface area contributed by atoms with E-state index in [0.717, 1.165) is 23.7 Å². The molecule has 2 nitrogen and oxygen atoms in total. The molecule has 1 unspecified atom stereocenters. The van der Waals surface area contributed by atoms with Crippen LogP contribution in [-0.4, -0.2) is 32.2 Å². The largest absolute Gasteiger partial charge is 0.374 e. The highest BCUT2D eigenvalue weighted by Crippen LogP contribution is 2.24. The van der Waals surface area contributed by atoms with Crippen molar-refractivity contribution in [2.75, 3.05) is 19.8 Å². The third-order valence-electron chi connectivity index (χ3n) is 3.32. The van der Waals surface area contributed by atoms with Crippen LogP contribution in [-0.2, 0) is 17.6 Å². The zero-order chi connectivity index (χ0) is 13.7. The first-order valence-corrected chi connectivity index (χ1v) is 7.31. The Morgan fingerprint density at radius 1 is 1.37 bits per heavy atom. The Kier molecular flexibility index (Phi) is 5.73. The summed E-state index contributed by atoms with van der Waals surface area (Å²) in [6.07, 6.45) is 0.764. The fraction of sp³-hybridized carbons (Fsp3) is 0.571. The molecule has 1 aromatic rings. The van der Waals surface area contributed by atoms with E-state index in [1.807, 2.05) is 0 Å². The molecule has 0 radical (unpaired) electrons. The van der Waals surface area contributed by atoms with E-state index in [-0.39, 0.29) is 0 Å². The lowest BCUT2D eigenvalue weighted by Crippen LogP contribution is -2.36. The first-order chi connectivity index (χ1) is 9.15. The van der Waals surface area contributed by atoms with Crippen LogP contribution in [0.5, 0.6) is 0 Å². The molecule has 1 atom stereocenters. The van der Waals surface area contributed by atoms with Crippen LogP contribution < -0.4 is 5.32 Å². The van der Waals surface area contributed by atoms with Gasteiger partial charge in [0.1, 0.15) is 6.61 Å². The van der Waals surface area contributed by atoms with Crippen LogP contribution in [0.1, 0.15) is 17.5 Å². The van der Waals surface area contributed by atoms with Crippen LogP contribution in [0, 0.1) is 0 Å². The minimum atomic E-state index is -2.37. The number of fused-ring (bicyclic) bond motifs is 1. The summed E-state index contributed by atoms with van der Waals surface area (Å²) < 4.78 is 29.7. The Bertz CT molecular complexity index is 414. The van der Waals surface area contributed by atoms with Gasteiger partial charge in [-0.25, -0.2) is 8.78 Å². The second kappa shape index (κ2) is 7.31. The van der Waals surface area contributed by atoms with Crippen molar-refractivity contribution in [1.82, 2.24) is 5.32 Å².